The molecule has 0 saturated heterocycles. The molecule has 5 heteroatoms. The molecule has 0 amide bonds. The van der Waals surface area contributed by atoms with Crippen LogP contribution in [0, 0.1) is 0 Å². The summed E-state index contributed by atoms with van der Waals surface area (Å²) in [5.74, 6) is 0.490. The monoisotopic (exact) mass is 347 g/mol. The third-order valence-electron chi connectivity index (χ3n) is 3.54. The van der Waals surface area contributed by atoms with E-state index in [0.717, 1.165) is 16.6 Å². The van der Waals surface area contributed by atoms with Gasteiger partial charge < -0.3 is 9.72 Å². The maximum absolute atomic E-state index is 12.0. The molecule has 23 heavy (non-hydrogen) atoms. The smallest absolute Gasteiger partial charge is 0.170 e. The van der Waals surface area contributed by atoms with Gasteiger partial charge in [0.25, 0.3) is 0 Å². The number of ketones is 1. The minimum absolute atomic E-state index is 0.00157. The summed E-state index contributed by atoms with van der Waals surface area (Å²) in [5, 5.41) is 2.09. The van der Waals surface area contributed by atoms with Crippen molar-refractivity contribution in [2.45, 2.75) is 12.8 Å². The van der Waals surface area contributed by atoms with Crippen LogP contribution < -0.4 is 4.74 Å². The first-order chi connectivity index (χ1) is 11.1. The van der Waals surface area contributed by atoms with E-state index >= 15 is 0 Å². The molecule has 2 aromatic carbocycles. The SMILES string of the molecule is O=C(CCc1cc2ccccc2[nH]1)COc1ccc(Cl)cc1Cl. The number of ether oxygens (including phenoxy) is 1. The molecule has 3 aromatic rings. The number of rotatable bonds is 6. The van der Waals surface area contributed by atoms with Crippen LogP contribution in [0.15, 0.2) is 48.5 Å². The lowest BCUT2D eigenvalue weighted by Crippen LogP contribution is -2.12. The summed E-state index contributed by atoms with van der Waals surface area (Å²) in [6, 6.07) is 15.0. The van der Waals surface area contributed by atoms with Gasteiger partial charge in [-0.3, -0.25) is 4.79 Å². The number of aromatic amines is 1. The highest BCUT2D eigenvalue weighted by Crippen LogP contribution is 2.27. The molecule has 0 radical (unpaired) electrons. The fraction of sp³-hybridized carbons (Fsp3) is 0.167. The van der Waals surface area contributed by atoms with Crippen molar-refractivity contribution >= 4 is 39.9 Å². The van der Waals surface area contributed by atoms with Crippen LogP contribution in [0.2, 0.25) is 10.0 Å². The first-order valence-electron chi connectivity index (χ1n) is 7.28. The number of aryl methyl sites for hydroxylation is 1. The van der Waals surface area contributed by atoms with E-state index in [4.69, 9.17) is 27.9 Å². The van der Waals surface area contributed by atoms with Crippen LogP contribution in [0.4, 0.5) is 0 Å². The zero-order valence-corrected chi connectivity index (χ0v) is 13.8. The molecular weight excluding hydrogens is 333 g/mol. The van der Waals surface area contributed by atoms with E-state index < -0.39 is 0 Å². The number of aromatic nitrogens is 1. The predicted molar refractivity (Wildman–Crippen MR) is 93.6 cm³/mol. The molecule has 1 aromatic heterocycles. The number of carbonyl (C=O) groups is 1. The Morgan fingerprint density at radius 3 is 2.70 bits per heavy atom. The summed E-state index contributed by atoms with van der Waals surface area (Å²) in [6.07, 6.45) is 1.07. The Morgan fingerprint density at radius 2 is 1.91 bits per heavy atom. The van der Waals surface area contributed by atoms with Crippen molar-refractivity contribution in [3.63, 3.8) is 0 Å². The standard InChI is InChI=1S/C18H15Cl2NO2/c19-13-5-8-18(16(20)10-13)23-11-15(22)7-6-14-9-12-3-1-2-4-17(12)21-14/h1-5,8-10,21H,6-7,11H2. The number of benzene rings is 2. The van der Waals surface area contributed by atoms with Gasteiger partial charge in [0.15, 0.2) is 5.78 Å². The summed E-state index contributed by atoms with van der Waals surface area (Å²) >= 11 is 11.8. The van der Waals surface area contributed by atoms with Gasteiger partial charge in [0.1, 0.15) is 12.4 Å². The largest absolute Gasteiger partial charge is 0.484 e. The zero-order chi connectivity index (χ0) is 16.2. The molecule has 0 bridgehead atoms. The highest BCUT2D eigenvalue weighted by atomic mass is 35.5. The third-order valence-corrected chi connectivity index (χ3v) is 4.07. The van der Waals surface area contributed by atoms with Gasteiger partial charge in [-0.05, 0) is 42.1 Å². The number of nitrogens with one attached hydrogen (secondary N) is 1. The van der Waals surface area contributed by atoms with Crippen LogP contribution in [0.3, 0.4) is 0 Å². The maximum Gasteiger partial charge on any atom is 0.170 e. The lowest BCUT2D eigenvalue weighted by atomic mass is 10.2. The Labute approximate surface area is 144 Å². The topological polar surface area (TPSA) is 42.1 Å². The first kappa shape index (κ1) is 15.9. The number of hydrogen-bond donors (Lipinski definition) is 1. The molecule has 0 atom stereocenters. The molecule has 1 heterocycles. The minimum Gasteiger partial charge on any atom is -0.484 e. The molecule has 0 aliphatic carbocycles. The maximum atomic E-state index is 12.0. The van der Waals surface area contributed by atoms with Gasteiger partial charge in [-0.25, -0.2) is 0 Å². The Hall–Kier alpha value is -1.97. The molecule has 0 spiro atoms. The van der Waals surface area contributed by atoms with Gasteiger partial charge in [-0.2, -0.15) is 0 Å². The fourth-order valence-electron chi connectivity index (χ4n) is 2.36. The molecule has 0 unspecified atom stereocenters. The van der Waals surface area contributed by atoms with E-state index in [2.05, 4.69) is 11.1 Å². The summed E-state index contributed by atoms with van der Waals surface area (Å²) in [6.45, 7) is 0.00157. The highest BCUT2D eigenvalue weighted by molar-refractivity contribution is 6.35. The Morgan fingerprint density at radius 1 is 1.09 bits per heavy atom. The second-order valence-electron chi connectivity index (χ2n) is 5.28. The van der Waals surface area contributed by atoms with Gasteiger partial charge in [-0.1, -0.05) is 41.4 Å². The quantitative estimate of drug-likeness (QED) is 0.677. The second kappa shape index (κ2) is 7.07. The summed E-state index contributed by atoms with van der Waals surface area (Å²) in [7, 11) is 0. The van der Waals surface area contributed by atoms with Crippen LogP contribution in [0.1, 0.15) is 12.1 Å². The Balaban J connectivity index is 1.53. The number of fused-ring (bicyclic) bond motifs is 1. The normalized spacial score (nSPS) is 10.9. The summed E-state index contributed by atoms with van der Waals surface area (Å²) < 4.78 is 5.45. The van der Waals surface area contributed by atoms with Crippen LogP contribution in [0.25, 0.3) is 10.9 Å². The van der Waals surface area contributed by atoms with Crippen molar-refractivity contribution in [3.8, 4) is 5.75 Å². The zero-order valence-electron chi connectivity index (χ0n) is 12.3. The number of halogens is 2. The van der Waals surface area contributed by atoms with Crippen molar-refractivity contribution in [1.29, 1.82) is 0 Å². The van der Waals surface area contributed by atoms with Gasteiger partial charge >= 0.3 is 0 Å². The van der Waals surface area contributed by atoms with Gasteiger partial charge in [-0.15, -0.1) is 0 Å². The summed E-state index contributed by atoms with van der Waals surface area (Å²) in [5.41, 5.74) is 2.13. The average molecular weight is 348 g/mol. The molecule has 0 fully saturated rings. The van der Waals surface area contributed by atoms with E-state index in [-0.39, 0.29) is 12.4 Å². The molecule has 118 valence electrons. The van der Waals surface area contributed by atoms with E-state index in [0.29, 0.717) is 28.6 Å². The molecule has 0 aliphatic rings. The predicted octanol–water partition coefficient (Wildman–Crippen LogP) is 5.06. The summed E-state index contributed by atoms with van der Waals surface area (Å²) in [4.78, 5) is 15.3. The van der Waals surface area contributed by atoms with E-state index in [1.807, 2.05) is 24.3 Å². The number of Topliss-reactive ketones (excluding diaryl/α,β-unsaturated/α-hetero) is 1. The van der Waals surface area contributed by atoms with Gasteiger partial charge in [0.2, 0.25) is 0 Å². The fourth-order valence-corrected chi connectivity index (χ4v) is 2.83. The van der Waals surface area contributed by atoms with E-state index in [9.17, 15) is 4.79 Å². The van der Waals surface area contributed by atoms with Crippen LogP contribution in [-0.2, 0) is 11.2 Å². The van der Waals surface area contributed by atoms with Crippen LogP contribution >= 0.6 is 23.2 Å². The number of H-pyrrole nitrogens is 1. The molecule has 3 rings (SSSR count). The Bertz CT molecular complexity index is 809. The lowest BCUT2D eigenvalue weighted by Gasteiger charge is -2.07. The molecular formula is C18H15Cl2NO2. The van der Waals surface area contributed by atoms with E-state index in [1.165, 1.54) is 0 Å². The van der Waals surface area contributed by atoms with Gasteiger partial charge in [0.05, 0.1) is 5.02 Å². The number of para-hydroxylation sites is 1. The van der Waals surface area contributed by atoms with Crippen molar-refractivity contribution < 1.29 is 9.53 Å². The van der Waals surface area contributed by atoms with Crippen LogP contribution in [0.5, 0.6) is 5.75 Å². The molecule has 0 aliphatic heterocycles. The number of hydrogen-bond acceptors (Lipinski definition) is 2. The molecule has 3 nitrogen and oxygen atoms in total. The van der Waals surface area contributed by atoms with Crippen molar-refractivity contribution in [2.24, 2.45) is 0 Å². The van der Waals surface area contributed by atoms with Crippen molar-refractivity contribution in [1.82, 2.24) is 4.98 Å². The second-order valence-corrected chi connectivity index (χ2v) is 6.13. The molecule has 0 saturated carbocycles. The Kier molecular flexibility index (Phi) is 4.89. The minimum atomic E-state index is 0.00157. The van der Waals surface area contributed by atoms with Crippen LogP contribution in [-0.4, -0.2) is 17.4 Å². The van der Waals surface area contributed by atoms with E-state index in [1.54, 1.807) is 18.2 Å². The van der Waals surface area contributed by atoms with Crippen molar-refractivity contribution in [3.05, 3.63) is 64.3 Å². The van der Waals surface area contributed by atoms with Gasteiger partial charge in [0, 0.05) is 22.7 Å². The highest BCUT2D eigenvalue weighted by Gasteiger charge is 2.08. The lowest BCUT2D eigenvalue weighted by molar-refractivity contribution is -0.121. The third kappa shape index (κ3) is 4.06. The number of carbonyl (C=O) groups excluding carboxylic acids is 1. The first-order valence-corrected chi connectivity index (χ1v) is 8.03. The average Bonchev–Trinajstić information content (AvgIpc) is 2.95. The molecule has 1 N–H and O–H groups in total. The van der Waals surface area contributed by atoms with Crippen molar-refractivity contribution in [2.75, 3.05) is 6.61 Å².